The molecule has 0 aliphatic carbocycles. The molecule has 1 saturated heterocycles. The maximum absolute atomic E-state index is 15.0. The van der Waals surface area contributed by atoms with Crippen LogP contribution in [0.1, 0.15) is 41.4 Å². The lowest BCUT2D eigenvalue weighted by atomic mass is 9.90. The summed E-state index contributed by atoms with van der Waals surface area (Å²) in [4.78, 5) is 85.9. The van der Waals surface area contributed by atoms with E-state index in [2.05, 4.69) is 0 Å². The summed E-state index contributed by atoms with van der Waals surface area (Å²) in [7, 11) is 0. The van der Waals surface area contributed by atoms with Gasteiger partial charge < -0.3 is 119 Å². The van der Waals surface area contributed by atoms with E-state index in [1.165, 1.54) is 0 Å². The van der Waals surface area contributed by atoms with E-state index in [0.717, 1.165) is 0 Å². The van der Waals surface area contributed by atoms with E-state index < -0.39 is 247 Å². The molecule has 6 heterocycles. The van der Waals surface area contributed by atoms with Crippen molar-refractivity contribution < 1.29 is 138 Å². The molecule has 0 radical (unpaired) electrons. The second-order valence-electron chi connectivity index (χ2n) is 17.3. The van der Waals surface area contributed by atoms with Crippen molar-refractivity contribution in [3.05, 3.63) is 73.4 Å². The first-order valence-electron chi connectivity index (χ1n) is 21.7. The van der Waals surface area contributed by atoms with Crippen LogP contribution in [0.15, 0.2) is 48.8 Å². The van der Waals surface area contributed by atoms with Crippen LogP contribution in [0.3, 0.4) is 0 Å². The lowest BCUT2D eigenvalue weighted by Gasteiger charge is -2.43. The second kappa shape index (κ2) is 16.7. The molecule has 78 heavy (non-hydrogen) atoms. The highest BCUT2D eigenvalue weighted by molar-refractivity contribution is 6.26. The molecule has 7 bridgehead atoms. The summed E-state index contributed by atoms with van der Waals surface area (Å²) < 4.78 is 44.2. The van der Waals surface area contributed by atoms with Crippen molar-refractivity contribution in [3.8, 4) is 120 Å². The molecule has 0 saturated carbocycles. The molecule has 0 spiro atoms. The van der Waals surface area contributed by atoms with Gasteiger partial charge in [-0.1, -0.05) is 0 Å². The molecule has 6 aromatic carbocycles. The number of aromatic hydroxyl groups is 15. The van der Waals surface area contributed by atoms with Gasteiger partial charge in [0.1, 0.15) is 18.3 Å². The fraction of sp³-hybridized carbons (Fsp3) is 0.125. The second-order valence-corrected chi connectivity index (χ2v) is 17.3. The van der Waals surface area contributed by atoms with Gasteiger partial charge in [0.25, 0.3) is 0 Å². The van der Waals surface area contributed by atoms with Gasteiger partial charge in [-0.15, -0.1) is 0 Å². The van der Waals surface area contributed by atoms with Crippen molar-refractivity contribution >= 4 is 56.6 Å². The van der Waals surface area contributed by atoms with E-state index in [9.17, 15) is 110 Å². The molecule has 0 unspecified atom stereocenters. The summed E-state index contributed by atoms with van der Waals surface area (Å²) in [5, 5.41) is 173. The molecule has 30 nitrogen and oxygen atoms in total. The summed E-state index contributed by atoms with van der Waals surface area (Å²) in [5.74, 6) is -30.9. The van der Waals surface area contributed by atoms with Gasteiger partial charge in [0, 0.05) is 45.2 Å². The van der Waals surface area contributed by atoms with Crippen LogP contribution in [0.4, 0.5) is 0 Å². The van der Waals surface area contributed by atoms with Crippen LogP contribution in [0.2, 0.25) is 0 Å². The molecule has 0 amide bonds. The number of ether oxygens (including phenoxy) is 6. The smallest absolute Gasteiger partial charge is 0.345 e. The van der Waals surface area contributed by atoms with Crippen molar-refractivity contribution in [1.82, 2.24) is 0 Å². The SMILES string of the molecule is O=C1OC[C@H]2O[C@H](O)[C@@H]3OC(=O)c4cc(O)c(O)c(O)c4-c4c(cc(O)c(O)c4O)C(=O)O[C@H]3[C@@H]2OC(=O)c2cc(O)c(O)c(O)c2-c2c(O)c(O)c3oc(=O)c4cc(c(O)c5oc(=O)c2c3c54)Oc2c1cc(O)c(O)c2O. The Balaban J connectivity index is 1.19. The summed E-state index contributed by atoms with van der Waals surface area (Å²) in [6.07, 6.45) is -12.8. The van der Waals surface area contributed by atoms with Crippen molar-refractivity contribution in [1.29, 1.82) is 0 Å². The maximum atomic E-state index is 15.0. The van der Waals surface area contributed by atoms with Gasteiger partial charge in [0.2, 0.25) is 40.2 Å². The first kappa shape index (κ1) is 49.1. The van der Waals surface area contributed by atoms with Gasteiger partial charge in [-0.3, -0.25) is 0 Å². The molecule has 8 aromatic rings. The van der Waals surface area contributed by atoms with Crippen molar-refractivity contribution in [2.24, 2.45) is 0 Å². The van der Waals surface area contributed by atoms with Crippen molar-refractivity contribution in [2.75, 3.05) is 6.61 Å². The Kier molecular flexibility index (Phi) is 10.5. The number of aliphatic hydroxyl groups excluding tert-OH is 1. The monoisotopic (exact) mass is 1080 g/mol. The minimum absolute atomic E-state index is 0.316. The average molecular weight is 1080 g/mol. The van der Waals surface area contributed by atoms with Crippen LogP contribution in [-0.2, 0) is 23.7 Å². The Morgan fingerprint density at radius 2 is 0.833 bits per heavy atom. The molecular formula is C48H28O30. The van der Waals surface area contributed by atoms with Gasteiger partial charge in [-0.05, 0) is 18.2 Å². The Hall–Kier alpha value is -11.1. The average Bonchev–Trinajstić information content (AvgIpc) is 2.96. The van der Waals surface area contributed by atoms with Gasteiger partial charge in [0.15, 0.2) is 93.3 Å². The fourth-order valence-electron chi connectivity index (χ4n) is 9.38. The Morgan fingerprint density at radius 1 is 0.397 bits per heavy atom. The normalized spacial score (nSPS) is 19.3. The van der Waals surface area contributed by atoms with E-state index in [-0.39, 0.29) is 0 Å². The molecule has 30 heteroatoms. The number of carbonyl (C=O) groups is 4. The number of hydrogen-bond donors (Lipinski definition) is 16. The summed E-state index contributed by atoms with van der Waals surface area (Å²) in [6, 6.07) is 2.15. The summed E-state index contributed by atoms with van der Waals surface area (Å²) in [6.45, 7) is -1.41. The van der Waals surface area contributed by atoms with Crippen LogP contribution in [0.25, 0.3) is 55.0 Å². The van der Waals surface area contributed by atoms with E-state index in [0.29, 0.717) is 30.3 Å². The molecule has 5 atom stereocenters. The van der Waals surface area contributed by atoms with Crippen LogP contribution in [0.5, 0.6) is 97.7 Å². The highest BCUT2D eigenvalue weighted by atomic mass is 16.7. The van der Waals surface area contributed by atoms with Gasteiger partial charge in [-0.2, -0.15) is 0 Å². The van der Waals surface area contributed by atoms with Crippen molar-refractivity contribution in [2.45, 2.75) is 30.7 Å². The zero-order chi connectivity index (χ0) is 56.1. The molecule has 4 aliphatic rings. The number of fused-ring (bicyclic) bond motifs is 8. The highest BCUT2D eigenvalue weighted by Crippen LogP contribution is 2.57. The summed E-state index contributed by atoms with van der Waals surface area (Å²) >= 11 is 0. The molecule has 4 aliphatic heterocycles. The van der Waals surface area contributed by atoms with Crippen LogP contribution in [-0.4, -0.2) is 143 Å². The minimum atomic E-state index is -2.67. The number of phenolic OH excluding ortho intramolecular Hbond substituents is 15. The van der Waals surface area contributed by atoms with Gasteiger partial charge in [-0.25, -0.2) is 28.8 Å². The minimum Gasteiger partial charge on any atom is -0.504 e. The first-order chi connectivity index (χ1) is 36.8. The van der Waals surface area contributed by atoms with Gasteiger partial charge in [0.05, 0.1) is 27.5 Å². The molecule has 400 valence electrons. The largest absolute Gasteiger partial charge is 0.504 e. The van der Waals surface area contributed by atoms with Crippen molar-refractivity contribution in [3.63, 3.8) is 0 Å². The Labute approximate surface area is 424 Å². The third-order valence-electron chi connectivity index (χ3n) is 13.0. The van der Waals surface area contributed by atoms with Crippen LogP contribution < -0.4 is 16.0 Å². The molecule has 16 N–H and O–H groups in total. The predicted molar refractivity (Wildman–Crippen MR) is 245 cm³/mol. The van der Waals surface area contributed by atoms with E-state index in [1.807, 2.05) is 0 Å². The molecule has 12 rings (SSSR count). The zero-order valence-electron chi connectivity index (χ0n) is 37.9. The van der Waals surface area contributed by atoms with E-state index >= 15 is 0 Å². The van der Waals surface area contributed by atoms with Crippen LogP contribution >= 0.6 is 0 Å². The molecule has 2 aromatic heterocycles. The van der Waals surface area contributed by atoms with Gasteiger partial charge >= 0.3 is 35.1 Å². The topological polar surface area (TPSA) is 508 Å². The number of carbonyl (C=O) groups excluding carboxylic acids is 4. The number of aliphatic hydroxyl groups is 1. The summed E-state index contributed by atoms with van der Waals surface area (Å²) in [5.41, 5.74) is -14.5. The lowest BCUT2D eigenvalue weighted by molar-refractivity contribution is -0.284. The zero-order valence-corrected chi connectivity index (χ0v) is 37.9. The number of phenols is 15. The first-order valence-corrected chi connectivity index (χ1v) is 21.7. The number of benzene rings is 6. The molecule has 1 fully saturated rings. The Bertz CT molecular complexity index is 4210. The highest BCUT2D eigenvalue weighted by Gasteiger charge is 2.54. The Morgan fingerprint density at radius 3 is 1.37 bits per heavy atom. The van der Waals surface area contributed by atoms with E-state index in [4.69, 9.17) is 37.3 Å². The third kappa shape index (κ3) is 6.76. The number of rotatable bonds is 0. The third-order valence-corrected chi connectivity index (χ3v) is 13.0. The van der Waals surface area contributed by atoms with Crippen LogP contribution in [0, 0.1) is 0 Å². The number of esters is 4. The fourth-order valence-corrected chi connectivity index (χ4v) is 9.38. The standard InChI is InChI=1S/C48H28O30/c49-12-1-7-18(30(58)25(12)53)19-8(2-13(50)26(54)31(19)59)45(67)78-41-40(77-44(7)66)37-17(73-48(41)70)6-71-42(64)11-4-15(52)28(56)34(62)36(11)72-16-5-10-21-23-24(47(69)76-38(21)29(16)57)22(33(61)35(63)39(23)75-46(10)68)20-9(43(65)74-37)3-14(51)27(55)32(20)60/h1-5,17,37,40-41,48-63,70H,6H2/t17-,37-,40+,41-,48+/m1/s1. The number of hydrogen-bond acceptors (Lipinski definition) is 30. The predicted octanol–water partition coefficient (Wildman–Crippen LogP) is 2.38. The van der Waals surface area contributed by atoms with E-state index in [1.54, 1.807) is 0 Å². The maximum Gasteiger partial charge on any atom is 0.345 e. The quantitative estimate of drug-likeness (QED) is 0.0341. The lowest BCUT2D eigenvalue weighted by Crippen LogP contribution is -2.62. The molecular weight excluding hydrogens is 1060 g/mol.